The van der Waals surface area contributed by atoms with E-state index in [2.05, 4.69) is 25.7 Å². The average Bonchev–Trinajstić information content (AvgIpc) is 3.66. The van der Waals surface area contributed by atoms with E-state index in [0.29, 0.717) is 48.6 Å². The number of ether oxygens (including phenoxy) is 1. The van der Waals surface area contributed by atoms with Gasteiger partial charge in [-0.3, -0.25) is 19.3 Å². The summed E-state index contributed by atoms with van der Waals surface area (Å²) in [5.74, 6) is -0.649. The van der Waals surface area contributed by atoms with Gasteiger partial charge in [0.15, 0.2) is 5.15 Å². The molecule has 250 valence electrons. The Hall–Kier alpha value is -4.53. The summed E-state index contributed by atoms with van der Waals surface area (Å²) in [5.41, 5.74) is 0.0956. The summed E-state index contributed by atoms with van der Waals surface area (Å²) in [6, 6.07) is 7.78. The minimum absolute atomic E-state index is 0.0103. The van der Waals surface area contributed by atoms with Crippen LogP contribution in [0.3, 0.4) is 0 Å². The normalized spacial score (nSPS) is 16.9. The lowest BCUT2D eigenvalue weighted by Gasteiger charge is -2.24. The van der Waals surface area contributed by atoms with Crippen molar-refractivity contribution < 1.29 is 22.7 Å². The number of alkyl halides is 3. The first-order valence-electron chi connectivity index (χ1n) is 15.0. The number of anilines is 1. The minimum atomic E-state index is -4.87. The number of fused-ring (bicyclic) bond motifs is 4. The minimum Gasteiger partial charge on any atom is -0.383 e. The maximum atomic E-state index is 14.9. The Kier molecular flexibility index (Phi) is 9.41. The number of carbonyl (C=O) groups is 1. The summed E-state index contributed by atoms with van der Waals surface area (Å²) in [6.45, 7) is 2.50. The Balaban J connectivity index is 1.53. The predicted molar refractivity (Wildman–Crippen MR) is 173 cm³/mol. The van der Waals surface area contributed by atoms with Crippen LogP contribution in [0.1, 0.15) is 43.5 Å². The monoisotopic (exact) mass is 700 g/mol. The maximum Gasteiger partial charge on any atom is 0.418 e. The average molecular weight is 702 g/mol. The van der Waals surface area contributed by atoms with Crippen LogP contribution in [0.5, 0.6) is 0 Å². The molecule has 0 saturated heterocycles. The molecule has 1 N–H and O–H groups in total. The van der Waals surface area contributed by atoms with Crippen LogP contribution in [-0.4, -0.2) is 53.9 Å². The van der Waals surface area contributed by atoms with Crippen LogP contribution in [0.2, 0.25) is 10.2 Å². The molecule has 2 atom stereocenters. The molecule has 5 heterocycles. The molecule has 2 bridgehead atoms. The van der Waals surface area contributed by atoms with Gasteiger partial charge in [-0.15, -0.1) is 5.10 Å². The van der Waals surface area contributed by atoms with E-state index in [-0.39, 0.29) is 39.3 Å². The highest BCUT2D eigenvalue weighted by Gasteiger charge is 2.37. The Morgan fingerprint density at radius 1 is 1.06 bits per heavy atom. The standard InChI is InChI=1S/C32H29Cl2F3N8O3/c1-18-4-3-5-27(24-12-19(8-9-38-24)30-25(40-31(18)47)15-39-44(30)10-11-48-2)43-16-23(32(35,36)37)21(14-29(43)46)22-13-20(33)6-7-26(22)45-17-28(34)41-42-45/h6-9,12-18,27H,3-5,10-11H2,1-2H3,(H,40,47)/t18-,27+/m1/s1. The van der Waals surface area contributed by atoms with E-state index < -0.39 is 29.3 Å². The summed E-state index contributed by atoms with van der Waals surface area (Å²) in [4.78, 5) is 31.6. The summed E-state index contributed by atoms with van der Waals surface area (Å²) < 4.78 is 53.9. The number of nitrogens with zero attached hydrogens (tertiary/aromatic N) is 7. The summed E-state index contributed by atoms with van der Waals surface area (Å²) in [5, 5.41) is 15.2. The van der Waals surface area contributed by atoms with Gasteiger partial charge >= 0.3 is 6.18 Å². The summed E-state index contributed by atoms with van der Waals surface area (Å²) in [7, 11) is 1.56. The number of nitrogens with one attached hydrogen (secondary N) is 1. The maximum absolute atomic E-state index is 14.9. The van der Waals surface area contributed by atoms with Crippen molar-refractivity contribution in [2.45, 2.75) is 44.9 Å². The molecule has 0 saturated carbocycles. The van der Waals surface area contributed by atoms with Gasteiger partial charge in [0.05, 0.1) is 59.9 Å². The largest absolute Gasteiger partial charge is 0.418 e. The van der Waals surface area contributed by atoms with Gasteiger partial charge in [-0.05, 0) is 43.2 Å². The number of aromatic nitrogens is 7. The van der Waals surface area contributed by atoms with Crippen LogP contribution in [0.15, 0.2) is 66.0 Å². The topological polar surface area (TPSA) is 122 Å². The zero-order valence-corrected chi connectivity index (χ0v) is 27.2. The van der Waals surface area contributed by atoms with E-state index in [1.54, 1.807) is 37.0 Å². The smallest absolute Gasteiger partial charge is 0.383 e. The first-order chi connectivity index (χ1) is 22.9. The lowest BCUT2D eigenvalue weighted by molar-refractivity contribution is -0.137. The van der Waals surface area contributed by atoms with Crippen molar-refractivity contribution >= 4 is 34.8 Å². The Morgan fingerprint density at radius 3 is 2.60 bits per heavy atom. The Bertz CT molecular complexity index is 2040. The van der Waals surface area contributed by atoms with Crippen LogP contribution >= 0.6 is 23.2 Å². The van der Waals surface area contributed by atoms with E-state index in [1.165, 1.54) is 35.3 Å². The molecule has 0 unspecified atom stereocenters. The zero-order chi connectivity index (χ0) is 34.2. The number of methoxy groups -OCH3 is 1. The van der Waals surface area contributed by atoms with Crippen molar-refractivity contribution in [2.24, 2.45) is 5.92 Å². The van der Waals surface area contributed by atoms with Crippen LogP contribution in [-0.2, 0) is 22.3 Å². The molecule has 11 nitrogen and oxygen atoms in total. The summed E-state index contributed by atoms with van der Waals surface area (Å²) >= 11 is 12.2. The molecule has 4 aromatic heterocycles. The van der Waals surface area contributed by atoms with E-state index in [4.69, 9.17) is 27.9 Å². The number of hydrogen-bond donors (Lipinski definition) is 1. The highest BCUT2D eigenvalue weighted by molar-refractivity contribution is 6.31. The zero-order valence-electron chi connectivity index (χ0n) is 25.7. The predicted octanol–water partition coefficient (Wildman–Crippen LogP) is 6.67. The van der Waals surface area contributed by atoms with Gasteiger partial charge in [0, 0.05) is 53.2 Å². The van der Waals surface area contributed by atoms with Crippen LogP contribution in [0.4, 0.5) is 18.9 Å². The highest BCUT2D eigenvalue weighted by atomic mass is 35.5. The van der Waals surface area contributed by atoms with Crippen molar-refractivity contribution in [3.8, 4) is 28.1 Å². The molecule has 0 aliphatic carbocycles. The van der Waals surface area contributed by atoms with Gasteiger partial charge in [-0.25, -0.2) is 4.68 Å². The van der Waals surface area contributed by atoms with E-state index in [0.717, 1.165) is 16.8 Å². The number of halogens is 5. The molecule has 1 aliphatic rings. The van der Waals surface area contributed by atoms with Gasteiger partial charge in [0.1, 0.15) is 0 Å². The van der Waals surface area contributed by atoms with Gasteiger partial charge < -0.3 is 14.6 Å². The summed E-state index contributed by atoms with van der Waals surface area (Å²) in [6.07, 6.45) is 1.44. The van der Waals surface area contributed by atoms with E-state index in [1.807, 2.05) is 0 Å². The molecule has 0 radical (unpaired) electrons. The Labute approximate surface area is 282 Å². The van der Waals surface area contributed by atoms with Gasteiger partial charge in [0.25, 0.3) is 5.56 Å². The molecule has 0 fully saturated rings. The van der Waals surface area contributed by atoms with Crippen LogP contribution < -0.4 is 10.9 Å². The second-order valence-corrected chi connectivity index (χ2v) is 12.2. The number of hydrogen-bond acceptors (Lipinski definition) is 7. The third-order valence-corrected chi connectivity index (χ3v) is 8.65. The van der Waals surface area contributed by atoms with Gasteiger partial charge in [-0.2, -0.15) is 18.3 Å². The third-order valence-electron chi connectivity index (χ3n) is 8.25. The van der Waals surface area contributed by atoms with Crippen molar-refractivity contribution in [3.05, 3.63) is 93.0 Å². The molecule has 1 aliphatic heterocycles. The van der Waals surface area contributed by atoms with Crippen molar-refractivity contribution in [1.82, 2.24) is 34.3 Å². The molecule has 16 heteroatoms. The lowest BCUT2D eigenvalue weighted by Crippen LogP contribution is -2.28. The Morgan fingerprint density at radius 2 is 1.88 bits per heavy atom. The number of carbonyl (C=O) groups excluding carboxylic acids is 1. The number of amides is 1. The molecule has 1 amide bonds. The fourth-order valence-corrected chi connectivity index (χ4v) is 6.16. The third kappa shape index (κ3) is 6.73. The van der Waals surface area contributed by atoms with Crippen LogP contribution in [0.25, 0.3) is 28.1 Å². The van der Waals surface area contributed by atoms with E-state index >= 15 is 0 Å². The SMILES string of the molecule is COCCn1ncc2c1-c1ccnc(c1)[C@@H](n1cc(C(F)(F)F)c(-c3cc(Cl)ccc3-n3cc(Cl)nn3)cc1=O)CCC[C@@H](C)C(=O)N2. The van der Waals surface area contributed by atoms with Crippen molar-refractivity contribution in [3.63, 3.8) is 0 Å². The second kappa shape index (κ2) is 13.5. The molecular formula is C32H29Cl2F3N8O3. The fourth-order valence-electron chi connectivity index (χ4n) is 5.87. The van der Waals surface area contributed by atoms with Gasteiger partial charge in [0.2, 0.25) is 5.91 Å². The first-order valence-corrected chi connectivity index (χ1v) is 15.7. The quantitative estimate of drug-likeness (QED) is 0.210. The second-order valence-electron chi connectivity index (χ2n) is 11.4. The van der Waals surface area contributed by atoms with Gasteiger partial charge in [-0.1, -0.05) is 41.8 Å². The lowest BCUT2D eigenvalue weighted by atomic mass is 9.95. The molecule has 6 rings (SSSR count). The van der Waals surface area contributed by atoms with Crippen molar-refractivity contribution in [1.29, 1.82) is 0 Å². The molecule has 48 heavy (non-hydrogen) atoms. The molecular weight excluding hydrogens is 672 g/mol. The first kappa shape index (κ1) is 33.4. The number of rotatable bonds is 6. The number of benzene rings is 1. The molecule has 1 aromatic carbocycles. The fraction of sp³-hybridized carbons (Fsp3) is 0.312. The highest BCUT2D eigenvalue weighted by Crippen LogP contribution is 2.41. The number of pyridine rings is 2. The molecule has 0 spiro atoms. The molecule has 5 aromatic rings. The van der Waals surface area contributed by atoms with Crippen molar-refractivity contribution in [2.75, 3.05) is 19.0 Å². The van der Waals surface area contributed by atoms with Crippen LogP contribution in [0, 0.1) is 5.92 Å². The van der Waals surface area contributed by atoms with E-state index in [9.17, 15) is 22.8 Å².